The van der Waals surface area contributed by atoms with Gasteiger partial charge in [-0.1, -0.05) is 73.4 Å². The zero-order valence-electron chi connectivity index (χ0n) is 38.7. The Morgan fingerprint density at radius 1 is 0.646 bits per heavy atom. The lowest BCUT2D eigenvalue weighted by Crippen LogP contribution is -2.58. The van der Waals surface area contributed by atoms with Crippen LogP contribution < -0.4 is 21.1 Å². The Hall–Kier alpha value is -5.03. The number of carboxylic acids is 5. The Labute approximate surface area is 381 Å². The molecule has 3 unspecified atom stereocenters. The number of nitrogens with zero attached hydrogens (tertiary/aromatic N) is 4. The lowest BCUT2D eigenvalue weighted by atomic mass is 10.1. The quantitative estimate of drug-likeness (QED) is 0.0597. The van der Waals surface area contributed by atoms with Crippen LogP contribution in [0.2, 0.25) is 10.1 Å². The summed E-state index contributed by atoms with van der Waals surface area (Å²) in [5, 5.41) is 55.3. The number of carboxylic acid groups (broad SMARTS) is 5. The second-order valence-electron chi connectivity index (χ2n) is 18.5. The van der Waals surface area contributed by atoms with E-state index in [0.29, 0.717) is 18.0 Å². The minimum atomic E-state index is -3.68. The largest absolute Gasteiger partial charge is 0.480 e. The van der Waals surface area contributed by atoms with Crippen molar-refractivity contribution >= 4 is 61.2 Å². The van der Waals surface area contributed by atoms with Gasteiger partial charge in [0.2, 0.25) is 11.8 Å². The van der Waals surface area contributed by atoms with Crippen LogP contribution in [-0.2, 0) is 33.6 Å². The molecule has 3 atom stereocenters. The van der Waals surface area contributed by atoms with Gasteiger partial charge in [-0.2, -0.15) is 0 Å². The fraction of sp³-hybridized carbons (Fsp3) is 0.674. The van der Waals surface area contributed by atoms with Gasteiger partial charge in [0.1, 0.15) is 18.1 Å². The monoisotopic (exact) mass is 939 g/mol. The molecule has 0 aromatic heterocycles. The van der Waals surface area contributed by atoms with Gasteiger partial charge in [0, 0.05) is 70.9 Å². The summed E-state index contributed by atoms with van der Waals surface area (Å²) in [5.74, 6) is -8.41. The predicted molar refractivity (Wildman–Crippen MR) is 240 cm³/mol. The highest BCUT2D eigenvalue weighted by Gasteiger charge is 2.56. The molecular weight excluding hydrogens is 870 g/mol. The lowest BCUT2D eigenvalue weighted by Gasteiger charge is -2.44. The van der Waals surface area contributed by atoms with Gasteiger partial charge in [0.15, 0.2) is 0 Å². The molecule has 2 rings (SSSR count). The molecule has 0 spiro atoms. The van der Waals surface area contributed by atoms with Crippen molar-refractivity contribution in [3.63, 3.8) is 0 Å². The summed E-state index contributed by atoms with van der Waals surface area (Å²) in [6, 6.07) is 1.89. The number of benzene rings is 1. The fourth-order valence-corrected chi connectivity index (χ4v) is 12.8. The highest BCUT2D eigenvalue weighted by Crippen LogP contribution is 2.51. The number of carbonyl (C=O) groups is 8. The molecule has 1 saturated heterocycles. The third kappa shape index (κ3) is 18.0. The van der Waals surface area contributed by atoms with Crippen LogP contribution in [0.3, 0.4) is 0 Å². The van der Waals surface area contributed by atoms with Crippen LogP contribution in [0.25, 0.3) is 0 Å². The number of aliphatic carboxylic acids is 5. The SMILES string of the molecule is CCCCC(NC(=O)C(CNC(=O)CCC(C(=O)O)N1CCN(CC(=O)O)CCN(CC(=O)O)CCN(CC(=O)O)CC1)NC(=O)c1ccc([Si](F)(C(C)(C)C)C(C)(C)C)cc1)C(=O)O. The van der Waals surface area contributed by atoms with Gasteiger partial charge >= 0.3 is 29.8 Å². The van der Waals surface area contributed by atoms with E-state index in [9.17, 15) is 63.9 Å². The van der Waals surface area contributed by atoms with E-state index in [1.807, 2.05) is 48.5 Å². The molecule has 1 heterocycles. The zero-order chi connectivity index (χ0) is 49.3. The molecule has 20 nitrogen and oxygen atoms in total. The Morgan fingerprint density at radius 3 is 1.48 bits per heavy atom. The lowest BCUT2D eigenvalue weighted by molar-refractivity contribution is -0.145. The molecule has 1 aliphatic heterocycles. The molecule has 1 aromatic rings. The normalized spacial score (nSPS) is 17.0. The summed E-state index contributed by atoms with van der Waals surface area (Å²) in [5.41, 5.74) is 0.0784. The molecular formula is C43H70FN7O13Si. The van der Waals surface area contributed by atoms with Crippen LogP contribution in [-0.4, -0.2) is 198 Å². The van der Waals surface area contributed by atoms with E-state index in [4.69, 9.17) is 0 Å². The number of nitrogens with one attached hydrogen (secondary N) is 3. The Kier molecular flexibility index (Phi) is 22.1. The highest BCUT2D eigenvalue weighted by molar-refractivity contribution is 6.90. The van der Waals surface area contributed by atoms with Crippen molar-refractivity contribution in [3.8, 4) is 0 Å². The maximum absolute atomic E-state index is 17.0. The number of carbonyl (C=O) groups excluding carboxylic acids is 3. The van der Waals surface area contributed by atoms with Crippen molar-refractivity contribution in [3.05, 3.63) is 29.8 Å². The van der Waals surface area contributed by atoms with Gasteiger partial charge in [-0.05, 0) is 40.2 Å². The van der Waals surface area contributed by atoms with Gasteiger partial charge in [-0.3, -0.25) is 53.2 Å². The first-order valence-corrected chi connectivity index (χ1v) is 23.8. The molecule has 0 aliphatic carbocycles. The Balaban J connectivity index is 2.34. The van der Waals surface area contributed by atoms with E-state index >= 15 is 4.11 Å². The Morgan fingerprint density at radius 2 is 1.09 bits per heavy atom. The summed E-state index contributed by atoms with van der Waals surface area (Å²) in [7, 11) is -3.68. The van der Waals surface area contributed by atoms with Crippen LogP contribution in [0, 0.1) is 0 Å². The topological polar surface area (TPSA) is 287 Å². The van der Waals surface area contributed by atoms with E-state index in [-0.39, 0.29) is 77.3 Å². The molecule has 1 aliphatic rings. The maximum atomic E-state index is 17.0. The number of amides is 3. The second kappa shape index (κ2) is 25.6. The van der Waals surface area contributed by atoms with Gasteiger partial charge in [-0.25, -0.2) is 4.79 Å². The first kappa shape index (κ1) is 56.1. The molecule has 1 aromatic carbocycles. The van der Waals surface area contributed by atoms with Gasteiger partial charge < -0.3 is 45.6 Å². The van der Waals surface area contributed by atoms with Crippen molar-refractivity contribution in [2.24, 2.45) is 0 Å². The average molecular weight is 940 g/mol. The van der Waals surface area contributed by atoms with E-state index in [0.717, 1.165) is 0 Å². The standard InChI is InChI=1S/C43H70FN7O13Si/c1-8-9-10-31(40(61)62)46-39(60)32(47-38(59)29-11-13-30(14-12-29)65(44,42(2,3)4)43(5,6)7)25-45-34(52)16-15-33(41(63)64)51-23-21-49(27-36(55)56)19-17-48(26-35(53)54)18-20-50(22-24-51)28-37(57)58/h11-14,31-33H,8-10,15-28H2,1-7H3,(H,45,52)(H,46,60)(H,47,59)(H,53,54)(H,55,56)(H,57,58)(H,61,62)(H,63,64). The second-order valence-corrected chi connectivity index (χ2v) is 23.4. The molecule has 1 fully saturated rings. The van der Waals surface area contributed by atoms with E-state index in [2.05, 4.69) is 16.0 Å². The van der Waals surface area contributed by atoms with E-state index < -0.39 is 110 Å². The molecule has 0 radical (unpaired) electrons. The van der Waals surface area contributed by atoms with Crippen LogP contribution >= 0.6 is 0 Å². The smallest absolute Gasteiger partial charge is 0.326 e. The number of rotatable bonds is 22. The molecule has 8 N–H and O–H groups in total. The van der Waals surface area contributed by atoms with Crippen LogP contribution in [0.5, 0.6) is 0 Å². The van der Waals surface area contributed by atoms with Crippen molar-refractivity contribution < 1.29 is 68.0 Å². The fourth-order valence-electron chi connectivity index (χ4n) is 8.18. The van der Waals surface area contributed by atoms with E-state index in [1.54, 1.807) is 17.0 Å². The molecule has 65 heavy (non-hydrogen) atoms. The van der Waals surface area contributed by atoms with Crippen molar-refractivity contribution in [2.75, 3.05) is 78.5 Å². The molecule has 366 valence electrons. The minimum Gasteiger partial charge on any atom is -0.480 e. The molecule has 22 heteroatoms. The highest BCUT2D eigenvalue weighted by atomic mass is 28.4. The molecule has 3 amide bonds. The summed E-state index contributed by atoms with van der Waals surface area (Å²) < 4.78 is 17.0. The zero-order valence-corrected chi connectivity index (χ0v) is 39.7. The summed E-state index contributed by atoms with van der Waals surface area (Å²) >= 11 is 0. The van der Waals surface area contributed by atoms with Gasteiger partial charge in [0.25, 0.3) is 14.3 Å². The Bertz CT molecular complexity index is 1760. The van der Waals surface area contributed by atoms with Crippen LogP contribution in [0.4, 0.5) is 4.11 Å². The molecule has 0 saturated carbocycles. The van der Waals surface area contributed by atoms with Gasteiger partial charge in [0.05, 0.1) is 19.6 Å². The van der Waals surface area contributed by atoms with Crippen molar-refractivity contribution in [1.82, 2.24) is 35.6 Å². The van der Waals surface area contributed by atoms with E-state index in [1.165, 1.54) is 26.8 Å². The maximum Gasteiger partial charge on any atom is 0.326 e. The summed E-state index contributed by atoms with van der Waals surface area (Å²) in [4.78, 5) is 106. The summed E-state index contributed by atoms with van der Waals surface area (Å²) in [6.07, 6.45) is 0.539. The third-order valence-corrected chi connectivity index (χ3v) is 16.8. The minimum absolute atomic E-state index is 0.00928. The number of hydrogen-bond donors (Lipinski definition) is 8. The van der Waals surface area contributed by atoms with Crippen molar-refractivity contribution in [2.45, 2.75) is 109 Å². The van der Waals surface area contributed by atoms with Gasteiger partial charge in [-0.15, -0.1) is 0 Å². The first-order valence-electron chi connectivity index (χ1n) is 21.9. The third-order valence-electron chi connectivity index (χ3n) is 11.5. The van der Waals surface area contributed by atoms with Crippen molar-refractivity contribution in [1.29, 1.82) is 0 Å². The summed E-state index contributed by atoms with van der Waals surface area (Å²) in [6.45, 7) is 11.7. The number of halogens is 1. The average Bonchev–Trinajstić information content (AvgIpc) is 3.19. The van der Waals surface area contributed by atoms with Crippen LogP contribution in [0.1, 0.15) is 90.9 Å². The number of hydrogen-bond acceptors (Lipinski definition) is 12. The molecule has 0 bridgehead atoms. The predicted octanol–water partition coefficient (Wildman–Crippen LogP) is 1.09. The number of unbranched alkanes of at least 4 members (excludes halogenated alkanes) is 1. The first-order chi connectivity index (χ1) is 30.2. The van der Waals surface area contributed by atoms with Crippen LogP contribution in [0.15, 0.2) is 24.3 Å².